The summed E-state index contributed by atoms with van der Waals surface area (Å²) < 4.78 is 18.3. The molecule has 0 aromatic heterocycles. The van der Waals surface area contributed by atoms with Crippen LogP contribution in [0.5, 0.6) is 0 Å². The third-order valence-electron chi connectivity index (χ3n) is 2.97. The lowest BCUT2D eigenvalue weighted by molar-refractivity contribution is -0.144. The Morgan fingerprint density at radius 1 is 1.13 bits per heavy atom. The number of para-hydroxylation sites is 1. The summed E-state index contributed by atoms with van der Waals surface area (Å²) in [4.78, 5) is 23.7. The number of benzene rings is 2. The van der Waals surface area contributed by atoms with Crippen molar-refractivity contribution in [1.29, 1.82) is 0 Å². The average molecular weight is 333 g/mol. The number of hydrogen-bond acceptors (Lipinski definition) is 4. The molecule has 0 radical (unpaired) electrons. The van der Waals surface area contributed by atoms with Gasteiger partial charge in [-0.3, -0.25) is 9.59 Å². The van der Waals surface area contributed by atoms with E-state index in [1.165, 1.54) is 6.07 Å². The zero-order valence-corrected chi connectivity index (χ0v) is 13.4. The first-order chi connectivity index (χ1) is 11.1. The van der Waals surface area contributed by atoms with Gasteiger partial charge in [0.05, 0.1) is 5.75 Å². The Hall–Kier alpha value is -2.34. The molecule has 2 rings (SSSR count). The quantitative estimate of drug-likeness (QED) is 0.650. The number of rotatable bonds is 6. The summed E-state index contributed by atoms with van der Waals surface area (Å²) in [5.74, 6) is -1.43. The third kappa shape index (κ3) is 5.41. The van der Waals surface area contributed by atoms with Crippen LogP contribution in [0.25, 0.3) is 0 Å². The number of carbonyl (C=O) groups excluding carboxylic acids is 2. The molecule has 0 saturated carbocycles. The minimum atomic E-state index is -0.571. The molecule has 0 fully saturated rings. The van der Waals surface area contributed by atoms with Crippen LogP contribution in [0.15, 0.2) is 53.4 Å². The van der Waals surface area contributed by atoms with E-state index < -0.39 is 11.9 Å². The van der Waals surface area contributed by atoms with Gasteiger partial charge < -0.3 is 10.1 Å². The second-order valence-corrected chi connectivity index (χ2v) is 5.76. The number of aryl methyl sites for hydroxylation is 1. The first kappa shape index (κ1) is 17.0. The van der Waals surface area contributed by atoms with E-state index in [4.69, 9.17) is 4.74 Å². The van der Waals surface area contributed by atoms with Crippen molar-refractivity contribution in [2.24, 2.45) is 0 Å². The van der Waals surface area contributed by atoms with Crippen LogP contribution in [0.2, 0.25) is 0 Å². The summed E-state index contributed by atoms with van der Waals surface area (Å²) in [6, 6.07) is 13.5. The highest BCUT2D eigenvalue weighted by Crippen LogP contribution is 2.21. The summed E-state index contributed by atoms with van der Waals surface area (Å²) in [6.45, 7) is 1.50. The van der Waals surface area contributed by atoms with Gasteiger partial charge in [0, 0.05) is 10.6 Å². The molecule has 2 aromatic rings. The fourth-order valence-corrected chi connectivity index (χ4v) is 2.52. The van der Waals surface area contributed by atoms with E-state index in [0.29, 0.717) is 10.6 Å². The summed E-state index contributed by atoms with van der Waals surface area (Å²) in [5.41, 5.74) is 1.59. The summed E-state index contributed by atoms with van der Waals surface area (Å²) >= 11 is 1.03. The van der Waals surface area contributed by atoms with Crippen molar-refractivity contribution in [2.45, 2.75) is 11.8 Å². The molecule has 2 aromatic carbocycles. The SMILES string of the molecule is Cc1ccccc1NC(=O)COC(=O)CSc1ccccc1F. The molecule has 4 nitrogen and oxygen atoms in total. The highest BCUT2D eigenvalue weighted by Gasteiger charge is 2.10. The summed E-state index contributed by atoms with van der Waals surface area (Å²) in [5, 5.41) is 2.67. The standard InChI is InChI=1S/C17H16FNO3S/c1-12-6-2-4-8-14(12)19-16(20)10-22-17(21)11-23-15-9-5-3-7-13(15)18/h2-9H,10-11H2,1H3,(H,19,20). The van der Waals surface area contributed by atoms with Crippen molar-refractivity contribution in [3.05, 3.63) is 59.9 Å². The van der Waals surface area contributed by atoms with Gasteiger partial charge in [-0.25, -0.2) is 4.39 Å². The summed E-state index contributed by atoms with van der Waals surface area (Å²) in [6.07, 6.45) is 0. The van der Waals surface area contributed by atoms with Crippen molar-refractivity contribution in [1.82, 2.24) is 0 Å². The fourth-order valence-electron chi connectivity index (χ4n) is 1.79. The zero-order valence-electron chi connectivity index (χ0n) is 12.5. The van der Waals surface area contributed by atoms with Crippen LogP contribution in [-0.4, -0.2) is 24.2 Å². The number of nitrogens with one attached hydrogen (secondary N) is 1. The van der Waals surface area contributed by atoms with Gasteiger partial charge in [-0.1, -0.05) is 30.3 Å². The van der Waals surface area contributed by atoms with Crippen LogP contribution in [0, 0.1) is 12.7 Å². The molecule has 0 aliphatic carbocycles. The number of anilines is 1. The Morgan fingerprint density at radius 3 is 2.57 bits per heavy atom. The van der Waals surface area contributed by atoms with E-state index >= 15 is 0 Å². The van der Waals surface area contributed by atoms with Crippen molar-refractivity contribution < 1.29 is 18.7 Å². The van der Waals surface area contributed by atoms with Crippen molar-refractivity contribution in [3.8, 4) is 0 Å². The topological polar surface area (TPSA) is 55.4 Å². The zero-order chi connectivity index (χ0) is 16.7. The van der Waals surface area contributed by atoms with Crippen molar-refractivity contribution >= 4 is 29.3 Å². The van der Waals surface area contributed by atoms with E-state index in [0.717, 1.165) is 17.3 Å². The molecule has 0 aliphatic rings. The molecule has 1 N–H and O–H groups in total. The van der Waals surface area contributed by atoms with Crippen LogP contribution >= 0.6 is 11.8 Å². The summed E-state index contributed by atoms with van der Waals surface area (Å²) in [7, 11) is 0. The van der Waals surface area contributed by atoms with Crippen molar-refractivity contribution in [2.75, 3.05) is 17.7 Å². The molecule has 0 atom stereocenters. The predicted molar refractivity (Wildman–Crippen MR) is 87.9 cm³/mol. The minimum absolute atomic E-state index is 0.0570. The lowest BCUT2D eigenvalue weighted by atomic mass is 10.2. The molecule has 0 heterocycles. The van der Waals surface area contributed by atoms with E-state index in [1.54, 1.807) is 30.3 Å². The van der Waals surface area contributed by atoms with Gasteiger partial charge in [0.1, 0.15) is 5.82 Å². The largest absolute Gasteiger partial charge is 0.455 e. The molecule has 0 spiro atoms. The smallest absolute Gasteiger partial charge is 0.316 e. The molecule has 120 valence electrons. The maximum atomic E-state index is 13.4. The highest BCUT2D eigenvalue weighted by molar-refractivity contribution is 8.00. The number of esters is 1. The Morgan fingerprint density at radius 2 is 1.83 bits per heavy atom. The third-order valence-corrected chi connectivity index (χ3v) is 3.99. The van der Waals surface area contributed by atoms with Crippen molar-refractivity contribution in [3.63, 3.8) is 0 Å². The predicted octanol–water partition coefficient (Wildman–Crippen LogP) is 3.41. The normalized spacial score (nSPS) is 10.2. The lowest BCUT2D eigenvalue weighted by Gasteiger charge is -2.08. The number of amides is 1. The van der Waals surface area contributed by atoms with Crippen LogP contribution < -0.4 is 5.32 Å². The monoisotopic (exact) mass is 333 g/mol. The number of thioether (sulfide) groups is 1. The van der Waals surface area contributed by atoms with Crippen LogP contribution in [0.1, 0.15) is 5.56 Å². The average Bonchev–Trinajstić information content (AvgIpc) is 2.54. The maximum Gasteiger partial charge on any atom is 0.316 e. The number of carbonyl (C=O) groups is 2. The van der Waals surface area contributed by atoms with E-state index in [1.807, 2.05) is 19.1 Å². The van der Waals surface area contributed by atoms with Gasteiger partial charge in [-0.2, -0.15) is 0 Å². The number of halogens is 1. The van der Waals surface area contributed by atoms with Gasteiger partial charge in [-0.05, 0) is 30.7 Å². The first-order valence-electron chi connectivity index (χ1n) is 6.94. The van der Waals surface area contributed by atoms with Crippen LogP contribution in [0.3, 0.4) is 0 Å². The molecular weight excluding hydrogens is 317 g/mol. The number of hydrogen-bond donors (Lipinski definition) is 1. The fraction of sp³-hybridized carbons (Fsp3) is 0.176. The molecule has 1 amide bonds. The second-order valence-electron chi connectivity index (χ2n) is 4.74. The van der Waals surface area contributed by atoms with Crippen LogP contribution in [0.4, 0.5) is 10.1 Å². The molecule has 0 unspecified atom stereocenters. The van der Waals surface area contributed by atoms with Crippen LogP contribution in [-0.2, 0) is 14.3 Å². The lowest BCUT2D eigenvalue weighted by Crippen LogP contribution is -2.22. The second kappa shape index (κ2) is 8.33. The van der Waals surface area contributed by atoms with Gasteiger partial charge >= 0.3 is 5.97 Å². The minimum Gasteiger partial charge on any atom is -0.455 e. The highest BCUT2D eigenvalue weighted by atomic mass is 32.2. The van der Waals surface area contributed by atoms with E-state index in [2.05, 4.69) is 5.32 Å². The first-order valence-corrected chi connectivity index (χ1v) is 7.93. The van der Waals surface area contributed by atoms with E-state index in [-0.39, 0.29) is 18.2 Å². The Labute approximate surface area is 138 Å². The molecular formula is C17H16FNO3S. The van der Waals surface area contributed by atoms with Gasteiger partial charge in [0.2, 0.25) is 0 Å². The van der Waals surface area contributed by atoms with Gasteiger partial charge in [0.15, 0.2) is 6.61 Å². The Balaban J connectivity index is 1.75. The van der Waals surface area contributed by atoms with Gasteiger partial charge in [-0.15, -0.1) is 11.8 Å². The molecule has 0 bridgehead atoms. The van der Waals surface area contributed by atoms with Gasteiger partial charge in [0.25, 0.3) is 5.91 Å². The molecule has 0 aliphatic heterocycles. The van der Waals surface area contributed by atoms with E-state index in [9.17, 15) is 14.0 Å². The Bertz CT molecular complexity index is 706. The molecule has 23 heavy (non-hydrogen) atoms. The number of ether oxygens (including phenoxy) is 1. The Kier molecular flexibility index (Phi) is 6.17. The maximum absolute atomic E-state index is 13.4. The molecule has 6 heteroatoms. The molecule has 0 saturated heterocycles.